The number of imidazole rings is 1. The summed E-state index contributed by atoms with van der Waals surface area (Å²) < 4.78 is 13.2. The van der Waals surface area contributed by atoms with Crippen molar-refractivity contribution in [3.63, 3.8) is 0 Å². The van der Waals surface area contributed by atoms with Crippen LogP contribution in [0.1, 0.15) is 30.7 Å². The standard InChI is InChI=1S/C27H23ClN4O.C2H6OP.C2H6/c1-31-17-30-16-25(31)27(29,19-8-4-3-5-9-19)20-11-12-24-23(14-20)22(15-26(33)32(24)2)18-7-6-10-21(28)13-18;1-4(2)3;1-2/h3-17H,29H2,1-2H3;1-2H3;1-2H3/q;+1;. The van der Waals surface area contributed by atoms with Crippen LogP contribution in [-0.4, -0.2) is 27.4 Å². The molecule has 0 spiro atoms. The fraction of sp³-hybridized carbons (Fsp3) is 0.226. The quantitative estimate of drug-likeness (QED) is 0.241. The van der Waals surface area contributed by atoms with Crippen molar-refractivity contribution in [3.05, 3.63) is 124 Å². The zero-order chi connectivity index (χ0) is 28.7. The third-order valence-corrected chi connectivity index (χ3v) is 6.52. The molecule has 0 amide bonds. The molecule has 0 aliphatic carbocycles. The van der Waals surface area contributed by atoms with Crippen molar-refractivity contribution >= 4 is 30.3 Å². The van der Waals surface area contributed by atoms with Crippen molar-refractivity contribution < 1.29 is 4.57 Å². The number of aromatic nitrogens is 3. The maximum Gasteiger partial charge on any atom is 0.332 e. The van der Waals surface area contributed by atoms with E-state index in [0.717, 1.165) is 38.9 Å². The van der Waals surface area contributed by atoms with E-state index in [-0.39, 0.29) is 5.56 Å². The minimum atomic E-state index is -0.943. The first-order chi connectivity index (χ1) is 18.6. The number of nitrogens with zero attached hydrogens (tertiary/aromatic N) is 3. The smallest absolute Gasteiger partial charge is 0.332 e. The molecule has 0 bridgehead atoms. The molecule has 1 unspecified atom stereocenters. The Balaban J connectivity index is 0.000000644. The van der Waals surface area contributed by atoms with E-state index in [1.54, 1.807) is 43.5 Å². The zero-order valence-corrected chi connectivity index (χ0v) is 24.9. The molecule has 8 heteroatoms. The highest BCUT2D eigenvalue weighted by molar-refractivity contribution is 7.42. The Morgan fingerprint density at radius 3 is 2.15 bits per heavy atom. The lowest BCUT2D eigenvalue weighted by Crippen LogP contribution is -2.41. The van der Waals surface area contributed by atoms with Crippen LogP contribution in [0.2, 0.25) is 5.02 Å². The van der Waals surface area contributed by atoms with Crippen LogP contribution in [0.15, 0.2) is 96.2 Å². The molecule has 0 saturated heterocycles. The van der Waals surface area contributed by atoms with Gasteiger partial charge in [0.05, 0.1) is 23.7 Å². The van der Waals surface area contributed by atoms with E-state index in [1.807, 2.05) is 92.2 Å². The Hall–Kier alpha value is -3.57. The topological polar surface area (TPSA) is 82.9 Å². The van der Waals surface area contributed by atoms with E-state index in [2.05, 4.69) is 11.1 Å². The van der Waals surface area contributed by atoms with Gasteiger partial charge >= 0.3 is 7.80 Å². The number of benzene rings is 3. The predicted molar refractivity (Wildman–Crippen MR) is 164 cm³/mol. The van der Waals surface area contributed by atoms with Gasteiger partial charge in [0.15, 0.2) is 0 Å². The predicted octanol–water partition coefficient (Wildman–Crippen LogP) is 6.94. The van der Waals surface area contributed by atoms with Crippen molar-refractivity contribution in [1.29, 1.82) is 0 Å². The molecule has 3 aromatic carbocycles. The Morgan fingerprint density at radius 1 is 0.897 bits per heavy atom. The van der Waals surface area contributed by atoms with Crippen LogP contribution in [0.4, 0.5) is 0 Å². The Morgan fingerprint density at radius 2 is 1.56 bits per heavy atom. The number of nitrogens with two attached hydrogens (primary N) is 1. The molecule has 202 valence electrons. The summed E-state index contributed by atoms with van der Waals surface area (Å²) in [6.45, 7) is 7.35. The summed E-state index contributed by atoms with van der Waals surface area (Å²) in [5.41, 5.74) is 11.4. The second kappa shape index (κ2) is 13.0. The van der Waals surface area contributed by atoms with E-state index in [9.17, 15) is 9.36 Å². The molecule has 5 aromatic rings. The van der Waals surface area contributed by atoms with Crippen molar-refractivity contribution in [2.45, 2.75) is 19.4 Å². The Labute approximate surface area is 235 Å². The van der Waals surface area contributed by atoms with Crippen LogP contribution in [-0.2, 0) is 24.2 Å². The highest BCUT2D eigenvalue weighted by Gasteiger charge is 2.35. The van der Waals surface area contributed by atoms with Gasteiger partial charge in [0.2, 0.25) is 0 Å². The van der Waals surface area contributed by atoms with E-state index >= 15 is 0 Å². The summed E-state index contributed by atoms with van der Waals surface area (Å²) in [6, 6.07) is 25.2. The van der Waals surface area contributed by atoms with Crippen LogP contribution in [0.5, 0.6) is 0 Å². The van der Waals surface area contributed by atoms with Crippen LogP contribution < -0.4 is 11.3 Å². The molecule has 0 radical (unpaired) electrons. The third-order valence-electron chi connectivity index (χ3n) is 6.29. The van der Waals surface area contributed by atoms with Crippen LogP contribution in [0.25, 0.3) is 22.0 Å². The number of pyridine rings is 1. The molecular formula is C31H35ClN4O2P+. The summed E-state index contributed by atoms with van der Waals surface area (Å²) >= 11 is 6.27. The summed E-state index contributed by atoms with van der Waals surface area (Å²) in [5.74, 6) is 0. The molecular weight excluding hydrogens is 527 g/mol. The first kappa shape index (κ1) is 30.0. The van der Waals surface area contributed by atoms with Gasteiger partial charge in [-0.15, -0.1) is 0 Å². The van der Waals surface area contributed by atoms with Crippen molar-refractivity contribution in [2.75, 3.05) is 13.3 Å². The molecule has 2 N–H and O–H groups in total. The number of hydrogen-bond donors (Lipinski definition) is 1. The maximum absolute atomic E-state index is 12.7. The van der Waals surface area contributed by atoms with Gasteiger partial charge in [-0.2, -0.15) is 0 Å². The second-order valence-corrected chi connectivity index (χ2v) is 11.1. The minimum Gasteiger partial charge on any atom is -0.336 e. The molecule has 0 aliphatic rings. The number of rotatable bonds is 4. The number of fused-ring (bicyclic) bond motifs is 1. The lowest BCUT2D eigenvalue weighted by molar-refractivity contribution is 0.594. The van der Waals surface area contributed by atoms with Crippen molar-refractivity contribution in [3.8, 4) is 11.1 Å². The van der Waals surface area contributed by atoms with Crippen molar-refractivity contribution in [2.24, 2.45) is 19.8 Å². The average molecular weight is 562 g/mol. The molecule has 1 atom stereocenters. The Bertz CT molecular complexity index is 1640. The molecule has 2 aromatic heterocycles. The fourth-order valence-electron chi connectivity index (χ4n) is 4.50. The largest absolute Gasteiger partial charge is 0.336 e. The van der Waals surface area contributed by atoms with Crippen LogP contribution in [0, 0.1) is 0 Å². The van der Waals surface area contributed by atoms with Gasteiger partial charge in [-0.3, -0.25) is 4.79 Å². The summed E-state index contributed by atoms with van der Waals surface area (Å²) in [6.07, 6.45) is 3.55. The van der Waals surface area contributed by atoms with Gasteiger partial charge in [-0.1, -0.05) is 78.5 Å². The number of hydrogen-bond acceptors (Lipinski definition) is 4. The number of aryl methyl sites for hydroxylation is 2. The molecule has 0 fully saturated rings. The van der Waals surface area contributed by atoms with E-state index in [0.29, 0.717) is 5.02 Å². The zero-order valence-electron chi connectivity index (χ0n) is 23.2. The first-order valence-corrected chi connectivity index (χ1v) is 15.2. The normalized spacial score (nSPS) is 12.0. The van der Waals surface area contributed by atoms with Gasteiger partial charge < -0.3 is 14.9 Å². The van der Waals surface area contributed by atoms with E-state index < -0.39 is 13.3 Å². The van der Waals surface area contributed by atoms with Crippen molar-refractivity contribution in [1.82, 2.24) is 14.1 Å². The molecule has 6 nitrogen and oxygen atoms in total. The lowest BCUT2D eigenvalue weighted by atomic mass is 9.80. The third kappa shape index (κ3) is 6.36. The summed E-state index contributed by atoms with van der Waals surface area (Å²) in [5, 5.41) is 1.54. The molecule has 39 heavy (non-hydrogen) atoms. The minimum absolute atomic E-state index is 0.0843. The van der Waals surface area contributed by atoms with Gasteiger partial charge in [0.1, 0.15) is 18.9 Å². The summed E-state index contributed by atoms with van der Waals surface area (Å²) in [4.78, 5) is 17.1. The Kier molecular flexibility index (Phi) is 9.98. The average Bonchev–Trinajstić information content (AvgIpc) is 3.37. The van der Waals surface area contributed by atoms with Gasteiger partial charge in [0, 0.05) is 30.6 Å². The summed E-state index contributed by atoms with van der Waals surface area (Å²) in [7, 11) is 2.85. The first-order valence-electron chi connectivity index (χ1n) is 12.7. The van der Waals surface area contributed by atoms with Crippen LogP contribution in [0.3, 0.4) is 0 Å². The van der Waals surface area contributed by atoms with E-state index in [4.69, 9.17) is 17.3 Å². The second-order valence-electron chi connectivity index (χ2n) is 9.07. The van der Waals surface area contributed by atoms with Crippen LogP contribution >= 0.6 is 19.4 Å². The lowest BCUT2D eigenvalue weighted by Gasteiger charge is -2.31. The highest BCUT2D eigenvalue weighted by atomic mass is 35.5. The molecule has 2 heterocycles. The highest BCUT2D eigenvalue weighted by Crippen LogP contribution is 2.37. The van der Waals surface area contributed by atoms with Gasteiger partial charge in [-0.05, 0) is 46.5 Å². The van der Waals surface area contributed by atoms with Gasteiger partial charge in [0.25, 0.3) is 5.56 Å². The molecule has 0 aliphatic heterocycles. The number of halogens is 1. The van der Waals surface area contributed by atoms with E-state index in [1.165, 1.54) is 0 Å². The monoisotopic (exact) mass is 561 g/mol. The maximum atomic E-state index is 12.7. The fourth-order valence-corrected chi connectivity index (χ4v) is 4.69. The molecule has 0 saturated carbocycles. The van der Waals surface area contributed by atoms with Gasteiger partial charge in [-0.25, -0.2) is 4.98 Å². The molecule has 5 rings (SSSR count). The SMILES string of the molecule is CC.C[P+](C)=O.Cn1cncc1C(N)(c1ccccc1)c1ccc2c(c1)c(-c1cccc(Cl)c1)cc(=O)n2C.